The lowest BCUT2D eigenvalue weighted by atomic mass is 9.75. The largest absolute Gasteiger partial charge is 0.478 e. The molecular formula is C15H20N2O4. The van der Waals surface area contributed by atoms with Crippen molar-refractivity contribution in [2.24, 2.45) is 5.41 Å². The second kappa shape index (κ2) is 6.11. The molecule has 0 saturated heterocycles. The van der Waals surface area contributed by atoms with E-state index in [1.54, 1.807) is 0 Å². The van der Waals surface area contributed by atoms with Crippen LogP contribution in [0, 0.1) is 15.5 Å². The van der Waals surface area contributed by atoms with Crippen LogP contribution >= 0.6 is 0 Å². The molecule has 1 aromatic carbocycles. The van der Waals surface area contributed by atoms with Gasteiger partial charge in [-0.05, 0) is 24.3 Å². The van der Waals surface area contributed by atoms with E-state index in [1.165, 1.54) is 24.6 Å². The van der Waals surface area contributed by atoms with Crippen molar-refractivity contribution < 1.29 is 14.8 Å². The predicted octanol–water partition coefficient (Wildman–Crippen LogP) is 3.68. The number of anilines is 1. The Balaban J connectivity index is 2.25. The number of para-hydroxylation sites is 1. The van der Waals surface area contributed by atoms with E-state index in [0.29, 0.717) is 6.54 Å². The van der Waals surface area contributed by atoms with Crippen LogP contribution in [0.2, 0.25) is 0 Å². The number of nitro benzene ring substituents is 1. The van der Waals surface area contributed by atoms with Crippen LogP contribution in [-0.4, -0.2) is 22.5 Å². The molecule has 0 unspecified atom stereocenters. The van der Waals surface area contributed by atoms with Crippen LogP contribution in [-0.2, 0) is 0 Å². The standard InChI is InChI=1S/C15H20N2O4/c1-15(8-3-2-4-9-15)10-16-13-11(14(18)19)6-5-7-12(13)17(20)21/h5-7,16H,2-4,8-10H2,1H3,(H,18,19). The first-order chi connectivity index (χ1) is 9.93. The zero-order chi connectivity index (χ0) is 15.5. The normalized spacial score (nSPS) is 17.2. The molecule has 0 amide bonds. The van der Waals surface area contributed by atoms with Gasteiger partial charge in [0.25, 0.3) is 5.69 Å². The molecule has 1 aliphatic carbocycles. The molecule has 0 aliphatic heterocycles. The summed E-state index contributed by atoms with van der Waals surface area (Å²) in [5.74, 6) is -1.16. The van der Waals surface area contributed by atoms with E-state index in [-0.39, 0.29) is 22.4 Å². The topological polar surface area (TPSA) is 92.5 Å². The first kappa shape index (κ1) is 15.3. The maximum absolute atomic E-state index is 11.3. The summed E-state index contributed by atoms with van der Waals surface area (Å²) >= 11 is 0. The fourth-order valence-corrected chi connectivity index (χ4v) is 2.94. The molecule has 1 aliphatic rings. The van der Waals surface area contributed by atoms with E-state index in [9.17, 15) is 20.0 Å². The Kier molecular flexibility index (Phi) is 4.45. The number of nitrogens with one attached hydrogen (secondary N) is 1. The number of carboxylic acid groups (broad SMARTS) is 1. The van der Waals surface area contributed by atoms with Crippen molar-refractivity contribution >= 4 is 17.3 Å². The van der Waals surface area contributed by atoms with Gasteiger partial charge >= 0.3 is 5.97 Å². The lowest BCUT2D eigenvalue weighted by Crippen LogP contribution is -2.29. The van der Waals surface area contributed by atoms with Gasteiger partial charge in [-0.2, -0.15) is 0 Å². The summed E-state index contributed by atoms with van der Waals surface area (Å²) in [5, 5.41) is 23.3. The van der Waals surface area contributed by atoms with Crippen molar-refractivity contribution in [3.63, 3.8) is 0 Å². The van der Waals surface area contributed by atoms with Gasteiger partial charge in [-0.1, -0.05) is 32.3 Å². The van der Waals surface area contributed by atoms with Crippen LogP contribution in [0.5, 0.6) is 0 Å². The average Bonchev–Trinajstić information content (AvgIpc) is 2.45. The van der Waals surface area contributed by atoms with E-state index in [1.807, 2.05) is 0 Å². The van der Waals surface area contributed by atoms with Gasteiger partial charge in [0.05, 0.1) is 10.5 Å². The number of nitro groups is 1. The van der Waals surface area contributed by atoms with Crippen molar-refractivity contribution in [3.8, 4) is 0 Å². The fraction of sp³-hybridized carbons (Fsp3) is 0.533. The summed E-state index contributed by atoms with van der Waals surface area (Å²) in [6.07, 6.45) is 5.65. The highest BCUT2D eigenvalue weighted by atomic mass is 16.6. The number of hydrogen-bond donors (Lipinski definition) is 2. The predicted molar refractivity (Wildman–Crippen MR) is 79.7 cm³/mol. The summed E-state index contributed by atoms with van der Waals surface area (Å²) in [7, 11) is 0. The molecule has 0 bridgehead atoms. The maximum Gasteiger partial charge on any atom is 0.338 e. The molecule has 2 rings (SSSR count). The van der Waals surface area contributed by atoms with E-state index < -0.39 is 10.9 Å². The Labute approximate surface area is 123 Å². The molecule has 114 valence electrons. The molecule has 0 spiro atoms. The van der Waals surface area contributed by atoms with Gasteiger partial charge in [-0.25, -0.2) is 4.79 Å². The van der Waals surface area contributed by atoms with Gasteiger partial charge in [0.1, 0.15) is 5.69 Å². The zero-order valence-electron chi connectivity index (χ0n) is 12.1. The number of nitrogens with zero attached hydrogens (tertiary/aromatic N) is 1. The Morgan fingerprint density at radius 1 is 1.38 bits per heavy atom. The SMILES string of the molecule is CC1(CNc2c(C(=O)O)cccc2[N+](=O)[O-])CCCCC1. The smallest absolute Gasteiger partial charge is 0.338 e. The van der Waals surface area contributed by atoms with E-state index in [4.69, 9.17) is 0 Å². The van der Waals surface area contributed by atoms with Crippen LogP contribution in [0.15, 0.2) is 18.2 Å². The van der Waals surface area contributed by atoms with Crippen molar-refractivity contribution in [3.05, 3.63) is 33.9 Å². The van der Waals surface area contributed by atoms with Gasteiger partial charge in [0.15, 0.2) is 0 Å². The Bertz CT molecular complexity index is 518. The minimum Gasteiger partial charge on any atom is -0.478 e. The van der Waals surface area contributed by atoms with Gasteiger partial charge in [-0.3, -0.25) is 10.1 Å². The van der Waals surface area contributed by atoms with Crippen LogP contribution in [0.25, 0.3) is 0 Å². The highest BCUT2D eigenvalue weighted by Crippen LogP contribution is 2.37. The van der Waals surface area contributed by atoms with Crippen LogP contribution < -0.4 is 5.32 Å². The number of carbonyl (C=O) groups is 1. The van der Waals surface area contributed by atoms with Gasteiger partial charge in [0.2, 0.25) is 0 Å². The number of carboxylic acids is 1. The quantitative estimate of drug-likeness (QED) is 0.638. The molecule has 0 heterocycles. The first-order valence-corrected chi connectivity index (χ1v) is 7.17. The minimum absolute atomic E-state index is 0.0522. The van der Waals surface area contributed by atoms with Crippen molar-refractivity contribution in [2.75, 3.05) is 11.9 Å². The van der Waals surface area contributed by atoms with Gasteiger partial charge < -0.3 is 10.4 Å². The zero-order valence-corrected chi connectivity index (χ0v) is 12.1. The molecule has 6 heteroatoms. The Morgan fingerprint density at radius 3 is 2.62 bits per heavy atom. The highest BCUT2D eigenvalue weighted by molar-refractivity contribution is 5.96. The number of rotatable bonds is 5. The number of hydrogen-bond acceptors (Lipinski definition) is 4. The van der Waals surface area contributed by atoms with E-state index in [0.717, 1.165) is 25.7 Å². The van der Waals surface area contributed by atoms with Crippen molar-refractivity contribution in [1.82, 2.24) is 0 Å². The van der Waals surface area contributed by atoms with Crippen LogP contribution in [0.1, 0.15) is 49.4 Å². The minimum atomic E-state index is -1.16. The number of benzene rings is 1. The Morgan fingerprint density at radius 2 is 2.05 bits per heavy atom. The van der Waals surface area contributed by atoms with Crippen molar-refractivity contribution in [2.45, 2.75) is 39.0 Å². The summed E-state index contributed by atoms with van der Waals surface area (Å²) in [6, 6.07) is 4.12. The molecule has 6 nitrogen and oxygen atoms in total. The van der Waals surface area contributed by atoms with Crippen LogP contribution in [0.4, 0.5) is 11.4 Å². The molecule has 21 heavy (non-hydrogen) atoms. The molecule has 1 aromatic rings. The summed E-state index contributed by atoms with van der Waals surface area (Å²) in [4.78, 5) is 21.8. The lowest BCUT2D eigenvalue weighted by molar-refractivity contribution is -0.384. The molecule has 2 N–H and O–H groups in total. The molecule has 0 atom stereocenters. The summed E-state index contributed by atoms with van der Waals surface area (Å²) in [5.41, 5.74) is -0.0581. The van der Waals surface area contributed by atoms with E-state index in [2.05, 4.69) is 12.2 Å². The summed E-state index contributed by atoms with van der Waals surface area (Å²) in [6.45, 7) is 2.70. The number of aromatic carboxylic acids is 1. The molecular weight excluding hydrogens is 272 g/mol. The molecule has 0 radical (unpaired) electrons. The van der Waals surface area contributed by atoms with Gasteiger partial charge in [0, 0.05) is 12.6 Å². The monoisotopic (exact) mass is 292 g/mol. The first-order valence-electron chi connectivity index (χ1n) is 7.17. The molecule has 0 aromatic heterocycles. The van der Waals surface area contributed by atoms with Crippen molar-refractivity contribution in [1.29, 1.82) is 0 Å². The summed E-state index contributed by atoms with van der Waals surface area (Å²) < 4.78 is 0. The van der Waals surface area contributed by atoms with E-state index >= 15 is 0 Å². The second-order valence-corrected chi connectivity index (χ2v) is 5.99. The third-order valence-corrected chi connectivity index (χ3v) is 4.22. The highest BCUT2D eigenvalue weighted by Gasteiger charge is 2.29. The lowest BCUT2D eigenvalue weighted by Gasteiger charge is -2.34. The van der Waals surface area contributed by atoms with Gasteiger partial charge in [-0.15, -0.1) is 0 Å². The Hall–Kier alpha value is -2.11. The third kappa shape index (κ3) is 3.51. The maximum atomic E-state index is 11.3. The second-order valence-electron chi connectivity index (χ2n) is 5.99. The fourth-order valence-electron chi connectivity index (χ4n) is 2.94. The third-order valence-electron chi connectivity index (χ3n) is 4.22. The molecule has 1 fully saturated rings. The average molecular weight is 292 g/mol. The van der Waals surface area contributed by atoms with Crippen LogP contribution in [0.3, 0.4) is 0 Å². The molecule has 1 saturated carbocycles.